The van der Waals surface area contributed by atoms with Crippen LogP contribution in [0.3, 0.4) is 0 Å². The first-order valence-electron chi connectivity index (χ1n) is 4.23. The largest absolute Gasteiger partial charge is 0.489 e. The van der Waals surface area contributed by atoms with E-state index in [0.29, 0.717) is 0 Å². The third-order valence-corrected chi connectivity index (χ3v) is 1.90. The van der Waals surface area contributed by atoms with Crippen molar-refractivity contribution in [3.8, 4) is 5.75 Å². The molecule has 0 aromatic carbocycles. The quantitative estimate of drug-likeness (QED) is 0.745. The third-order valence-electron chi connectivity index (χ3n) is 1.90. The maximum atomic E-state index is 13.0. The Morgan fingerprint density at radius 3 is 2.93 bits per heavy atom. The molecule has 1 N–H and O–H groups in total. The number of aromatic nitrogens is 1. The number of rotatable bonds is 3. The molecule has 1 aliphatic rings. The lowest BCUT2D eigenvalue weighted by molar-refractivity contribution is 0.0685. The maximum absolute atomic E-state index is 13.0. The summed E-state index contributed by atoms with van der Waals surface area (Å²) in [4.78, 5) is 13.9. The van der Waals surface area contributed by atoms with Gasteiger partial charge in [0.1, 0.15) is 5.75 Å². The predicted octanol–water partition coefficient (Wildman–Crippen LogP) is 1.46. The SMILES string of the molecule is O=C(O)c1c(OC2CC2)ccnc1F. The zero-order chi connectivity index (χ0) is 10.1. The molecule has 5 heteroatoms. The van der Waals surface area contributed by atoms with Gasteiger partial charge in [-0.25, -0.2) is 9.78 Å². The molecule has 0 radical (unpaired) electrons. The Morgan fingerprint density at radius 1 is 1.64 bits per heavy atom. The number of ether oxygens (including phenoxy) is 1. The second-order valence-corrected chi connectivity index (χ2v) is 3.10. The average Bonchev–Trinajstić information content (AvgIpc) is 2.87. The molecule has 1 fully saturated rings. The fourth-order valence-electron chi connectivity index (χ4n) is 1.08. The van der Waals surface area contributed by atoms with Crippen LogP contribution in [-0.4, -0.2) is 22.2 Å². The summed E-state index contributed by atoms with van der Waals surface area (Å²) in [5.41, 5.74) is -0.487. The van der Waals surface area contributed by atoms with Crippen LogP contribution in [0, 0.1) is 5.95 Å². The molecule has 1 saturated carbocycles. The first kappa shape index (κ1) is 8.93. The molecule has 0 atom stereocenters. The molecular formula is C9H8FNO3. The zero-order valence-electron chi connectivity index (χ0n) is 7.24. The van der Waals surface area contributed by atoms with Gasteiger partial charge in [0.2, 0.25) is 5.95 Å². The van der Waals surface area contributed by atoms with E-state index in [9.17, 15) is 9.18 Å². The summed E-state index contributed by atoms with van der Waals surface area (Å²) < 4.78 is 18.2. The fraction of sp³-hybridized carbons (Fsp3) is 0.333. The molecule has 0 bridgehead atoms. The second-order valence-electron chi connectivity index (χ2n) is 3.10. The predicted molar refractivity (Wildman–Crippen MR) is 44.8 cm³/mol. The van der Waals surface area contributed by atoms with Gasteiger partial charge >= 0.3 is 5.97 Å². The first-order valence-corrected chi connectivity index (χ1v) is 4.23. The van der Waals surface area contributed by atoms with E-state index in [1.807, 2.05) is 0 Å². The standard InChI is InChI=1S/C9H8FNO3/c10-8-7(9(12)13)6(3-4-11-8)14-5-1-2-5/h3-5H,1-2H2,(H,12,13). The number of carboxylic acid groups (broad SMARTS) is 1. The van der Waals surface area contributed by atoms with E-state index in [1.54, 1.807) is 0 Å². The van der Waals surface area contributed by atoms with Gasteiger partial charge < -0.3 is 9.84 Å². The van der Waals surface area contributed by atoms with E-state index < -0.39 is 17.5 Å². The molecule has 1 aromatic rings. The monoisotopic (exact) mass is 197 g/mol. The van der Waals surface area contributed by atoms with Gasteiger partial charge in [0.15, 0.2) is 5.56 Å². The molecule has 0 aliphatic heterocycles. The molecule has 0 unspecified atom stereocenters. The number of hydrogen-bond donors (Lipinski definition) is 1. The van der Waals surface area contributed by atoms with E-state index in [0.717, 1.165) is 12.8 Å². The molecule has 2 rings (SSSR count). The van der Waals surface area contributed by atoms with Crippen LogP contribution in [0.5, 0.6) is 5.75 Å². The number of carboxylic acids is 1. The summed E-state index contributed by atoms with van der Waals surface area (Å²) in [7, 11) is 0. The van der Waals surface area contributed by atoms with Crippen molar-refractivity contribution in [2.45, 2.75) is 18.9 Å². The Kier molecular flexibility index (Phi) is 2.07. The molecular weight excluding hydrogens is 189 g/mol. The van der Waals surface area contributed by atoms with Crippen molar-refractivity contribution in [1.29, 1.82) is 0 Å². The van der Waals surface area contributed by atoms with Crippen molar-refractivity contribution in [3.05, 3.63) is 23.8 Å². The van der Waals surface area contributed by atoms with E-state index in [4.69, 9.17) is 9.84 Å². The highest BCUT2D eigenvalue weighted by Crippen LogP contribution is 2.29. The maximum Gasteiger partial charge on any atom is 0.344 e. The lowest BCUT2D eigenvalue weighted by Gasteiger charge is -2.07. The van der Waals surface area contributed by atoms with Crippen molar-refractivity contribution in [2.75, 3.05) is 0 Å². The van der Waals surface area contributed by atoms with Crippen molar-refractivity contribution in [1.82, 2.24) is 4.98 Å². The lowest BCUT2D eigenvalue weighted by atomic mass is 10.2. The van der Waals surface area contributed by atoms with Crippen LogP contribution in [0.15, 0.2) is 12.3 Å². The van der Waals surface area contributed by atoms with Gasteiger partial charge in [-0.2, -0.15) is 4.39 Å². The third kappa shape index (κ3) is 1.66. The molecule has 4 nitrogen and oxygen atoms in total. The minimum atomic E-state index is -1.36. The normalized spacial score (nSPS) is 15.2. The molecule has 0 amide bonds. The van der Waals surface area contributed by atoms with E-state index in [-0.39, 0.29) is 11.9 Å². The molecule has 1 aromatic heterocycles. The molecule has 14 heavy (non-hydrogen) atoms. The molecule has 74 valence electrons. The van der Waals surface area contributed by atoms with Crippen LogP contribution in [-0.2, 0) is 0 Å². The van der Waals surface area contributed by atoms with E-state index >= 15 is 0 Å². The van der Waals surface area contributed by atoms with Crippen molar-refractivity contribution in [2.24, 2.45) is 0 Å². The van der Waals surface area contributed by atoms with Gasteiger partial charge in [-0.05, 0) is 18.9 Å². The van der Waals surface area contributed by atoms with Crippen LogP contribution in [0.4, 0.5) is 4.39 Å². The minimum Gasteiger partial charge on any atom is -0.489 e. The van der Waals surface area contributed by atoms with Gasteiger partial charge in [-0.1, -0.05) is 0 Å². The van der Waals surface area contributed by atoms with Crippen molar-refractivity contribution < 1.29 is 19.0 Å². The Hall–Kier alpha value is -1.65. The summed E-state index contributed by atoms with van der Waals surface area (Å²) in [5.74, 6) is -2.30. The highest BCUT2D eigenvalue weighted by Gasteiger charge is 2.27. The summed E-state index contributed by atoms with van der Waals surface area (Å²) >= 11 is 0. The van der Waals surface area contributed by atoms with Gasteiger partial charge in [-0.15, -0.1) is 0 Å². The van der Waals surface area contributed by atoms with E-state index in [2.05, 4.69) is 4.98 Å². The second kappa shape index (κ2) is 3.25. The topological polar surface area (TPSA) is 59.4 Å². The number of pyridine rings is 1. The van der Waals surface area contributed by atoms with Crippen LogP contribution in [0.1, 0.15) is 23.2 Å². The van der Waals surface area contributed by atoms with Crippen LogP contribution >= 0.6 is 0 Å². The van der Waals surface area contributed by atoms with Gasteiger partial charge in [0.05, 0.1) is 6.10 Å². The zero-order valence-corrected chi connectivity index (χ0v) is 7.24. The van der Waals surface area contributed by atoms with Crippen molar-refractivity contribution >= 4 is 5.97 Å². The van der Waals surface area contributed by atoms with Crippen LogP contribution in [0.25, 0.3) is 0 Å². The summed E-state index contributed by atoms with van der Waals surface area (Å²) in [6.45, 7) is 0. The van der Waals surface area contributed by atoms with Crippen molar-refractivity contribution in [3.63, 3.8) is 0 Å². The number of hydrogen-bond acceptors (Lipinski definition) is 3. The number of nitrogens with zero attached hydrogens (tertiary/aromatic N) is 1. The minimum absolute atomic E-state index is 0.0369. The highest BCUT2D eigenvalue weighted by molar-refractivity contribution is 5.90. The van der Waals surface area contributed by atoms with Crippen LogP contribution < -0.4 is 4.74 Å². The number of aromatic carboxylic acids is 1. The molecule has 1 aliphatic carbocycles. The summed E-state index contributed by atoms with van der Waals surface area (Å²) in [6.07, 6.45) is 3.01. The smallest absolute Gasteiger partial charge is 0.344 e. The number of carbonyl (C=O) groups is 1. The Morgan fingerprint density at radius 2 is 2.36 bits per heavy atom. The highest BCUT2D eigenvalue weighted by atomic mass is 19.1. The summed E-state index contributed by atoms with van der Waals surface area (Å²) in [5, 5.41) is 8.72. The first-order chi connectivity index (χ1) is 6.68. The Balaban J connectivity index is 2.35. The Labute approximate surface area is 79.3 Å². The van der Waals surface area contributed by atoms with E-state index in [1.165, 1.54) is 12.3 Å². The number of halogens is 1. The van der Waals surface area contributed by atoms with Gasteiger partial charge in [0.25, 0.3) is 0 Å². The Bertz CT molecular complexity index is 376. The fourth-order valence-corrected chi connectivity index (χ4v) is 1.08. The molecule has 0 spiro atoms. The lowest BCUT2D eigenvalue weighted by Crippen LogP contribution is -2.08. The van der Waals surface area contributed by atoms with Crippen LogP contribution in [0.2, 0.25) is 0 Å². The van der Waals surface area contributed by atoms with Gasteiger partial charge in [0, 0.05) is 6.20 Å². The molecule has 1 heterocycles. The van der Waals surface area contributed by atoms with Gasteiger partial charge in [-0.3, -0.25) is 0 Å². The molecule has 0 saturated heterocycles. The summed E-state index contributed by atoms with van der Waals surface area (Å²) in [6, 6.07) is 1.37. The average molecular weight is 197 g/mol.